The fourth-order valence-electron chi connectivity index (χ4n) is 3.34. The smallest absolute Gasteiger partial charge is 0.261 e. The van der Waals surface area contributed by atoms with E-state index in [0.29, 0.717) is 17.8 Å². The molecule has 7 nitrogen and oxygen atoms in total. The van der Waals surface area contributed by atoms with E-state index in [4.69, 9.17) is 4.52 Å². The third kappa shape index (κ3) is 2.71. The zero-order chi connectivity index (χ0) is 16.5. The normalized spacial score (nSPS) is 18.5. The minimum absolute atomic E-state index is 0.00625. The van der Waals surface area contributed by atoms with Crippen LogP contribution in [0.25, 0.3) is 10.9 Å². The lowest BCUT2D eigenvalue weighted by Crippen LogP contribution is -2.31. The fraction of sp³-hybridized carbons (Fsp3) is 0.412. The van der Waals surface area contributed by atoms with Gasteiger partial charge < -0.3 is 4.52 Å². The topological polar surface area (TPSA) is 77.1 Å². The zero-order valence-electron chi connectivity index (χ0n) is 13.6. The van der Waals surface area contributed by atoms with Gasteiger partial charge in [0.25, 0.3) is 5.56 Å². The van der Waals surface area contributed by atoms with E-state index in [-0.39, 0.29) is 11.6 Å². The van der Waals surface area contributed by atoms with Crippen molar-refractivity contribution in [1.82, 2.24) is 24.6 Å². The zero-order valence-corrected chi connectivity index (χ0v) is 13.6. The number of rotatable bonds is 4. The molecule has 1 aliphatic heterocycles. The van der Waals surface area contributed by atoms with Crippen LogP contribution in [0.3, 0.4) is 0 Å². The molecule has 0 radical (unpaired) electrons. The lowest BCUT2D eigenvalue weighted by Gasteiger charge is -2.22. The van der Waals surface area contributed by atoms with E-state index in [1.165, 1.54) is 0 Å². The van der Waals surface area contributed by atoms with Crippen LogP contribution in [0.2, 0.25) is 0 Å². The van der Waals surface area contributed by atoms with Gasteiger partial charge in [0.15, 0.2) is 5.82 Å². The molecule has 24 heavy (non-hydrogen) atoms. The molecule has 0 amide bonds. The van der Waals surface area contributed by atoms with Crippen LogP contribution in [0.5, 0.6) is 0 Å². The van der Waals surface area contributed by atoms with Gasteiger partial charge in [0.2, 0.25) is 5.89 Å². The summed E-state index contributed by atoms with van der Waals surface area (Å²) in [7, 11) is 0. The standard InChI is InChI=1S/C17H19N5O2/c1-12-19-16(20-24-12)15-7-4-8-21(15)9-10-22-11-18-14-6-3-2-5-13(14)17(22)23/h2-3,5-6,11,15H,4,7-10H2,1H3/t15-/m1/s1. The van der Waals surface area contributed by atoms with Crippen LogP contribution in [-0.4, -0.2) is 37.7 Å². The Morgan fingerprint density at radius 3 is 3.00 bits per heavy atom. The van der Waals surface area contributed by atoms with Crippen molar-refractivity contribution in [2.75, 3.05) is 13.1 Å². The van der Waals surface area contributed by atoms with Gasteiger partial charge in [-0.25, -0.2) is 4.98 Å². The molecular formula is C17H19N5O2. The maximum atomic E-state index is 12.6. The molecule has 124 valence electrons. The Labute approximate surface area is 138 Å². The highest BCUT2D eigenvalue weighted by molar-refractivity contribution is 5.76. The van der Waals surface area contributed by atoms with E-state index >= 15 is 0 Å². The van der Waals surface area contributed by atoms with Gasteiger partial charge in [-0.05, 0) is 31.5 Å². The molecule has 7 heteroatoms. The van der Waals surface area contributed by atoms with Gasteiger partial charge in [-0.15, -0.1) is 0 Å². The number of hydrogen-bond donors (Lipinski definition) is 0. The van der Waals surface area contributed by atoms with Gasteiger partial charge in [0.05, 0.1) is 23.3 Å². The summed E-state index contributed by atoms with van der Waals surface area (Å²) in [5, 5.41) is 4.71. The second kappa shape index (κ2) is 6.16. The van der Waals surface area contributed by atoms with E-state index < -0.39 is 0 Å². The largest absolute Gasteiger partial charge is 0.340 e. The Morgan fingerprint density at radius 2 is 2.17 bits per heavy atom. The van der Waals surface area contributed by atoms with Crippen molar-refractivity contribution < 1.29 is 4.52 Å². The van der Waals surface area contributed by atoms with E-state index in [1.54, 1.807) is 17.8 Å². The molecule has 0 N–H and O–H groups in total. The minimum atomic E-state index is 0.00625. The molecule has 1 fully saturated rings. The summed E-state index contributed by atoms with van der Waals surface area (Å²) < 4.78 is 6.78. The molecule has 1 saturated heterocycles. The van der Waals surface area contributed by atoms with Crippen molar-refractivity contribution in [3.63, 3.8) is 0 Å². The molecule has 0 unspecified atom stereocenters. The predicted octanol–water partition coefficient (Wildman–Crippen LogP) is 1.93. The van der Waals surface area contributed by atoms with Crippen molar-refractivity contribution >= 4 is 10.9 Å². The van der Waals surface area contributed by atoms with Gasteiger partial charge in [-0.2, -0.15) is 4.98 Å². The summed E-state index contributed by atoms with van der Waals surface area (Å²) in [6, 6.07) is 7.61. The summed E-state index contributed by atoms with van der Waals surface area (Å²) in [5.41, 5.74) is 0.742. The molecule has 0 bridgehead atoms. The van der Waals surface area contributed by atoms with Crippen molar-refractivity contribution in [3.05, 3.63) is 52.7 Å². The maximum absolute atomic E-state index is 12.6. The van der Waals surface area contributed by atoms with E-state index in [1.807, 2.05) is 24.3 Å². The van der Waals surface area contributed by atoms with Crippen molar-refractivity contribution in [1.29, 1.82) is 0 Å². The first-order valence-corrected chi connectivity index (χ1v) is 8.21. The Balaban J connectivity index is 1.52. The SMILES string of the molecule is Cc1nc([C@H]2CCCN2CCn2cnc3ccccc3c2=O)no1. The van der Waals surface area contributed by atoms with E-state index in [0.717, 1.165) is 37.3 Å². The van der Waals surface area contributed by atoms with Crippen LogP contribution in [0, 0.1) is 6.92 Å². The summed E-state index contributed by atoms with van der Waals surface area (Å²) >= 11 is 0. The maximum Gasteiger partial charge on any atom is 0.261 e. The molecule has 0 aliphatic carbocycles. The van der Waals surface area contributed by atoms with Crippen molar-refractivity contribution in [3.8, 4) is 0 Å². The first-order valence-electron chi connectivity index (χ1n) is 8.21. The minimum Gasteiger partial charge on any atom is -0.340 e. The molecule has 0 saturated carbocycles. The van der Waals surface area contributed by atoms with Gasteiger partial charge in [-0.3, -0.25) is 14.3 Å². The number of hydrogen-bond acceptors (Lipinski definition) is 6. The number of nitrogens with zero attached hydrogens (tertiary/aromatic N) is 5. The summed E-state index contributed by atoms with van der Waals surface area (Å²) in [6.45, 7) is 4.15. The number of likely N-dealkylation sites (tertiary alicyclic amines) is 1. The first kappa shape index (κ1) is 15.0. The molecular weight excluding hydrogens is 306 g/mol. The number of aryl methyl sites for hydroxylation is 1. The molecule has 1 aromatic carbocycles. The Bertz CT molecular complexity index is 916. The van der Waals surface area contributed by atoms with E-state index in [9.17, 15) is 4.79 Å². The lowest BCUT2D eigenvalue weighted by molar-refractivity contribution is 0.232. The monoisotopic (exact) mass is 325 g/mol. The number of benzene rings is 1. The molecule has 1 atom stereocenters. The quantitative estimate of drug-likeness (QED) is 0.729. The van der Waals surface area contributed by atoms with Crippen LogP contribution in [0.1, 0.15) is 30.6 Å². The third-order valence-corrected chi connectivity index (χ3v) is 4.56. The number of aromatic nitrogens is 4. The lowest BCUT2D eigenvalue weighted by atomic mass is 10.2. The molecule has 0 spiro atoms. The average molecular weight is 325 g/mol. The van der Waals surface area contributed by atoms with Gasteiger partial charge in [0, 0.05) is 20.0 Å². The first-order chi connectivity index (χ1) is 11.7. The van der Waals surface area contributed by atoms with Crippen LogP contribution in [0.15, 0.2) is 39.9 Å². The number of para-hydroxylation sites is 1. The molecule has 3 aromatic rings. The Morgan fingerprint density at radius 1 is 1.29 bits per heavy atom. The molecule has 2 aromatic heterocycles. The molecule has 3 heterocycles. The Kier molecular flexibility index (Phi) is 3.86. The second-order valence-electron chi connectivity index (χ2n) is 6.13. The van der Waals surface area contributed by atoms with Crippen LogP contribution in [0.4, 0.5) is 0 Å². The molecule has 1 aliphatic rings. The summed E-state index contributed by atoms with van der Waals surface area (Å²) in [4.78, 5) is 23.6. The average Bonchev–Trinajstić information content (AvgIpc) is 3.23. The van der Waals surface area contributed by atoms with Gasteiger partial charge in [0.1, 0.15) is 0 Å². The summed E-state index contributed by atoms with van der Waals surface area (Å²) in [6.07, 6.45) is 3.75. The third-order valence-electron chi connectivity index (χ3n) is 4.56. The highest BCUT2D eigenvalue weighted by Crippen LogP contribution is 2.29. The summed E-state index contributed by atoms with van der Waals surface area (Å²) in [5.74, 6) is 1.33. The highest BCUT2D eigenvalue weighted by Gasteiger charge is 2.29. The van der Waals surface area contributed by atoms with Crippen LogP contribution < -0.4 is 5.56 Å². The van der Waals surface area contributed by atoms with E-state index in [2.05, 4.69) is 20.0 Å². The fourth-order valence-corrected chi connectivity index (χ4v) is 3.34. The Hall–Kier alpha value is -2.54. The highest BCUT2D eigenvalue weighted by atomic mass is 16.5. The van der Waals surface area contributed by atoms with Crippen LogP contribution in [-0.2, 0) is 6.54 Å². The number of fused-ring (bicyclic) bond motifs is 1. The van der Waals surface area contributed by atoms with Crippen LogP contribution >= 0.6 is 0 Å². The van der Waals surface area contributed by atoms with Gasteiger partial charge in [-0.1, -0.05) is 17.3 Å². The molecule has 4 rings (SSSR count). The van der Waals surface area contributed by atoms with Crippen molar-refractivity contribution in [2.24, 2.45) is 0 Å². The predicted molar refractivity (Wildman–Crippen MR) is 88.6 cm³/mol. The second-order valence-corrected chi connectivity index (χ2v) is 6.13. The van der Waals surface area contributed by atoms with Crippen molar-refractivity contribution in [2.45, 2.75) is 32.4 Å². The van der Waals surface area contributed by atoms with Gasteiger partial charge >= 0.3 is 0 Å².